The third-order valence-corrected chi connectivity index (χ3v) is 4.03. The maximum absolute atomic E-state index is 13.8. The number of thiazole rings is 1. The van der Waals surface area contributed by atoms with Crippen molar-refractivity contribution in [1.29, 1.82) is 0 Å². The Morgan fingerprint density at radius 2 is 1.91 bits per heavy atom. The predicted molar refractivity (Wildman–Crippen MR) is 89.9 cm³/mol. The van der Waals surface area contributed by atoms with Gasteiger partial charge >= 0.3 is 0 Å². The molecule has 0 amide bonds. The van der Waals surface area contributed by atoms with E-state index in [-0.39, 0.29) is 11.1 Å². The second-order valence-corrected chi connectivity index (χ2v) is 5.71. The molecule has 3 nitrogen and oxygen atoms in total. The lowest BCUT2D eigenvalue weighted by atomic mass is 10.1. The molecule has 0 saturated carbocycles. The molecule has 6 heteroatoms. The third-order valence-electron chi connectivity index (χ3n) is 3.29. The molecular formula is C17H13F2N3S. The summed E-state index contributed by atoms with van der Waals surface area (Å²) in [6.07, 6.45) is 1.31. The Balaban J connectivity index is 1.72. The molecule has 0 unspecified atom stereocenters. The maximum atomic E-state index is 13.8. The first-order chi connectivity index (χ1) is 11.1. The number of hydrazone groups is 1. The van der Waals surface area contributed by atoms with Crippen molar-refractivity contribution in [3.05, 3.63) is 70.6 Å². The fourth-order valence-corrected chi connectivity index (χ4v) is 2.67. The van der Waals surface area contributed by atoms with Crippen molar-refractivity contribution in [3.8, 4) is 11.3 Å². The molecule has 0 saturated heterocycles. The molecule has 0 aliphatic rings. The number of hydrogen-bond acceptors (Lipinski definition) is 4. The Morgan fingerprint density at radius 1 is 1.13 bits per heavy atom. The number of aromatic nitrogens is 1. The minimum atomic E-state index is -0.611. The molecule has 0 spiro atoms. The fraction of sp³-hybridized carbons (Fsp3) is 0.0588. The molecule has 0 bridgehead atoms. The van der Waals surface area contributed by atoms with Crippen LogP contribution in [0.2, 0.25) is 0 Å². The highest BCUT2D eigenvalue weighted by Crippen LogP contribution is 2.24. The third kappa shape index (κ3) is 3.43. The van der Waals surface area contributed by atoms with E-state index in [0.29, 0.717) is 5.13 Å². The van der Waals surface area contributed by atoms with E-state index < -0.39 is 11.6 Å². The Labute approximate surface area is 136 Å². The Bertz CT molecular complexity index is 844. The molecule has 3 rings (SSSR count). The summed E-state index contributed by atoms with van der Waals surface area (Å²) < 4.78 is 27.0. The van der Waals surface area contributed by atoms with Crippen LogP contribution in [0, 0.1) is 18.6 Å². The zero-order chi connectivity index (χ0) is 16.2. The van der Waals surface area contributed by atoms with Crippen molar-refractivity contribution in [2.45, 2.75) is 6.92 Å². The second-order valence-electron chi connectivity index (χ2n) is 4.85. The summed E-state index contributed by atoms with van der Waals surface area (Å²) in [6, 6.07) is 12.3. The zero-order valence-electron chi connectivity index (χ0n) is 12.3. The quantitative estimate of drug-likeness (QED) is 0.549. The van der Waals surface area contributed by atoms with E-state index in [1.807, 2.05) is 35.7 Å². The van der Waals surface area contributed by atoms with E-state index >= 15 is 0 Å². The number of rotatable bonds is 4. The number of anilines is 1. The smallest absolute Gasteiger partial charge is 0.203 e. The van der Waals surface area contributed by atoms with E-state index in [0.717, 1.165) is 11.3 Å². The van der Waals surface area contributed by atoms with Gasteiger partial charge in [-0.05, 0) is 19.1 Å². The number of hydrogen-bond donors (Lipinski definition) is 1. The number of benzene rings is 2. The van der Waals surface area contributed by atoms with Gasteiger partial charge in [0.15, 0.2) is 0 Å². The van der Waals surface area contributed by atoms with Gasteiger partial charge in [-0.15, -0.1) is 11.3 Å². The standard InChI is InChI=1S/C17H13F2N3S/c1-11-14(18)8-7-13(16(11)19)9-20-22-17-21-15(10-23-17)12-5-3-2-4-6-12/h2-10H,1H3,(H,21,22). The Kier molecular flexibility index (Phi) is 4.43. The first-order valence-corrected chi connectivity index (χ1v) is 7.78. The largest absolute Gasteiger partial charge is 0.253 e. The van der Waals surface area contributed by atoms with Crippen LogP contribution < -0.4 is 5.43 Å². The van der Waals surface area contributed by atoms with Crippen LogP contribution in [0.1, 0.15) is 11.1 Å². The molecule has 2 aromatic carbocycles. The topological polar surface area (TPSA) is 37.3 Å². The molecule has 0 aliphatic heterocycles. The van der Waals surface area contributed by atoms with Gasteiger partial charge in [0.2, 0.25) is 5.13 Å². The molecule has 1 N–H and O–H groups in total. The van der Waals surface area contributed by atoms with Gasteiger partial charge in [-0.3, -0.25) is 5.43 Å². The van der Waals surface area contributed by atoms with Crippen molar-refractivity contribution < 1.29 is 8.78 Å². The van der Waals surface area contributed by atoms with Crippen LogP contribution in [-0.4, -0.2) is 11.2 Å². The van der Waals surface area contributed by atoms with Gasteiger partial charge < -0.3 is 0 Å². The summed E-state index contributed by atoms with van der Waals surface area (Å²) in [5.41, 5.74) is 4.82. The van der Waals surface area contributed by atoms with Crippen LogP contribution in [0.4, 0.5) is 13.9 Å². The average Bonchev–Trinajstić information content (AvgIpc) is 3.05. The van der Waals surface area contributed by atoms with Crippen LogP contribution in [0.15, 0.2) is 52.9 Å². The highest BCUT2D eigenvalue weighted by atomic mass is 32.1. The van der Waals surface area contributed by atoms with Crippen LogP contribution in [-0.2, 0) is 0 Å². The number of nitrogens with zero attached hydrogens (tertiary/aromatic N) is 2. The summed E-state index contributed by atoms with van der Waals surface area (Å²) in [7, 11) is 0. The van der Waals surface area contributed by atoms with Crippen molar-refractivity contribution >= 4 is 22.7 Å². The molecular weight excluding hydrogens is 316 g/mol. The van der Waals surface area contributed by atoms with Gasteiger partial charge in [0.05, 0.1) is 11.9 Å². The van der Waals surface area contributed by atoms with Crippen molar-refractivity contribution in [2.24, 2.45) is 5.10 Å². The highest BCUT2D eigenvalue weighted by molar-refractivity contribution is 7.14. The fourth-order valence-electron chi connectivity index (χ4n) is 2.01. The molecule has 1 heterocycles. The molecule has 1 aromatic heterocycles. The maximum Gasteiger partial charge on any atom is 0.203 e. The van der Waals surface area contributed by atoms with Gasteiger partial charge in [-0.25, -0.2) is 13.8 Å². The average molecular weight is 329 g/mol. The van der Waals surface area contributed by atoms with Gasteiger partial charge in [0, 0.05) is 22.1 Å². The van der Waals surface area contributed by atoms with Gasteiger partial charge in [-0.2, -0.15) is 5.10 Å². The number of halogens is 2. The lowest BCUT2D eigenvalue weighted by Gasteiger charge is -2.01. The monoisotopic (exact) mass is 329 g/mol. The van der Waals surface area contributed by atoms with Crippen molar-refractivity contribution in [2.75, 3.05) is 5.43 Å². The summed E-state index contributed by atoms with van der Waals surface area (Å²) in [5.74, 6) is -1.18. The van der Waals surface area contributed by atoms with Crippen LogP contribution in [0.3, 0.4) is 0 Å². The molecule has 23 heavy (non-hydrogen) atoms. The van der Waals surface area contributed by atoms with Crippen molar-refractivity contribution in [1.82, 2.24) is 4.98 Å². The Morgan fingerprint density at radius 3 is 2.70 bits per heavy atom. The Hall–Kier alpha value is -2.60. The summed E-state index contributed by atoms with van der Waals surface area (Å²) in [5, 5.41) is 6.47. The zero-order valence-corrected chi connectivity index (χ0v) is 13.1. The summed E-state index contributed by atoms with van der Waals surface area (Å²) >= 11 is 1.40. The summed E-state index contributed by atoms with van der Waals surface area (Å²) in [4.78, 5) is 4.41. The van der Waals surface area contributed by atoms with Crippen molar-refractivity contribution in [3.63, 3.8) is 0 Å². The van der Waals surface area contributed by atoms with E-state index in [9.17, 15) is 8.78 Å². The molecule has 116 valence electrons. The lowest BCUT2D eigenvalue weighted by Crippen LogP contribution is -1.97. The normalized spacial score (nSPS) is 11.1. The number of nitrogens with one attached hydrogen (secondary N) is 1. The highest BCUT2D eigenvalue weighted by Gasteiger charge is 2.08. The van der Waals surface area contributed by atoms with Crippen LogP contribution >= 0.6 is 11.3 Å². The first-order valence-electron chi connectivity index (χ1n) is 6.90. The van der Waals surface area contributed by atoms with Crippen LogP contribution in [0.25, 0.3) is 11.3 Å². The van der Waals surface area contributed by atoms with E-state index in [1.165, 1.54) is 36.6 Å². The van der Waals surface area contributed by atoms with E-state index in [1.54, 1.807) is 0 Å². The molecule has 0 radical (unpaired) electrons. The molecule has 0 atom stereocenters. The second kappa shape index (κ2) is 6.66. The SMILES string of the molecule is Cc1c(F)ccc(C=NNc2nc(-c3ccccc3)cs2)c1F. The molecule has 3 aromatic rings. The minimum Gasteiger partial charge on any atom is -0.253 e. The van der Waals surface area contributed by atoms with E-state index in [2.05, 4.69) is 15.5 Å². The first kappa shape index (κ1) is 15.3. The van der Waals surface area contributed by atoms with Gasteiger partial charge in [-0.1, -0.05) is 30.3 Å². The van der Waals surface area contributed by atoms with Gasteiger partial charge in [0.1, 0.15) is 11.6 Å². The predicted octanol–water partition coefficient (Wildman–Crippen LogP) is 4.84. The van der Waals surface area contributed by atoms with Crippen LogP contribution in [0.5, 0.6) is 0 Å². The molecule has 0 fully saturated rings. The van der Waals surface area contributed by atoms with E-state index in [4.69, 9.17) is 0 Å². The summed E-state index contributed by atoms with van der Waals surface area (Å²) in [6.45, 7) is 1.39. The lowest BCUT2D eigenvalue weighted by molar-refractivity contribution is 0.567. The molecule has 0 aliphatic carbocycles. The van der Waals surface area contributed by atoms with Gasteiger partial charge in [0.25, 0.3) is 0 Å². The minimum absolute atomic E-state index is 0.0189.